The van der Waals surface area contributed by atoms with Gasteiger partial charge in [-0.2, -0.15) is 0 Å². The summed E-state index contributed by atoms with van der Waals surface area (Å²) >= 11 is 1.81. The maximum absolute atomic E-state index is 12.0. The highest BCUT2D eigenvalue weighted by Crippen LogP contribution is 2.34. The fourth-order valence-electron chi connectivity index (χ4n) is 3.19. The maximum Gasteiger partial charge on any atom is 0.336 e. The quantitative estimate of drug-likeness (QED) is 0.432. The molecule has 1 aromatic heterocycles. The predicted octanol–water partition coefficient (Wildman–Crippen LogP) is 5.94. The van der Waals surface area contributed by atoms with E-state index in [1.165, 1.54) is 27.1 Å². The number of rotatable bonds is 3. The van der Waals surface area contributed by atoms with Crippen LogP contribution in [0.5, 0.6) is 0 Å². The third-order valence-corrected chi connectivity index (χ3v) is 6.54. The van der Waals surface area contributed by atoms with Crippen LogP contribution in [0.4, 0.5) is 0 Å². The first-order valence-electron chi connectivity index (χ1n) is 8.52. The molecule has 0 atom stereocenters. The van der Waals surface area contributed by atoms with Crippen molar-refractivity contribution < 1.29 is 4.42 Å². The van der Waals surface area contributed by atoms with Crippen molar-refractivity contribution in [3.8, 4) is 0 Å². The Bertz CT molecular complexity index is 1000. The van der Waals surface area contributed by atoms with Crippen molar-refractivity contribution in [3.05, 3.63) is 73.6 Å². The van der Waals surface area contributed by atoms with Crippen LogP contribution in [0.3, 0.4) is 0 Å². The molecule has 0 aliphatic carbocycles. The van der Waals surface area contributed by atoms with Crippen molar-refractivity contribution in [2.75, 3.05) is 0 Å². The van der Waals surface area contributed by atoms with Gasteiger partial charge in [0.25, 0.3) is 0 Å². The second kappa shape index (κ2) is 6.72. The van der Waals surface area contributed by atoms with E-state index in [0.717, 1.165) is 33.4 Å². The Balaban J connectivity index is 2.06. The minimum atomic E-state index is -0.273. The minimum Gasteiger partial charge on any atom is -0.422 e. The molecule has 2 aromatic carbocycles. The van der Waals surface area contributed by atoms with Crippen molar-refractivity contribution in [2.45, 2.75) is 52.2 Å². The predicted molar refractivity (Wildman–Crippen MR) is 107 cm³/mol. The van der Waals surface area contributed by atoms with E-state index in [9.17, 15) is 4.79 Å². The summed E-state index contributed by atoms with van der Waals surface area (Å²) in [6.45, 7) is 12.7. The van der Waals surface area contributed by atoms with Gasteiger partial charge in [-0.25, -0.2) is 4.79 Å². The van der Waals surface area contributed by atoms with E-state index in [1.807, 2.05) is 25.6 Å². The van der Waals surface area contributed by atoms with Gasteiger partial charge in [-0.15, -0.1) is 11.8 Å². The first kappa shape index (κ1) is 17.8. The van der Waals surface area contributed by atoms with Crippen LogP contribution >= 0.6 is 11.8 Å². The second-order valence-corrected chi connectivity index (χ2v) is 7.84. The summed E-state index contributed by atoms with van der Waals surface area (Å²) in [7, 11) is 0. The van der Waals surface area contributed by atoms with E-state index in [1.54, 1.807) is 6.07 Å². The molecule has 3 heteroatoms. The van der Waals surface area contributed by atoms with Crippen molar-refractivity contribution in [1.29, 1.82) is 0 Å². The summed E-state index contributed by atoms with van der Waals surface area (Å²) < 4.78 is 5.49. The highest BCUT2D eigenvalue weighted by Gasteiger charge is 2.13. The average molecular weight is 352 g/mol. The molecule has 0 saturated carbocycles. The molecule has 0 N–H and O–H groups in total. The first-order chi connectivity index (χ1) is 11.8. The zero-order valence-corrected chi connectivity index (χ0v) is 16.6. The van der Waals surface area contributed by atoms with Crippen LogP contribution in [0.1, 0.15) is 38.9 Å². The number of benzene rings is 2. The lowest BCUT2D eigenvalue weighted by atomic mass is 10.0. The van der Waals surface area contributed by atoms with E-state index >= 15 is 0 Å². The lowest BCUT2D eigenvalue weighted by Crippen LogP contribution is -2.02. The number of thioether (sulfide) groups is 1. The van der Waals surface area contributed by atoms with E-state index in [2.05, 4.69) is 45.9 Å². The minimum absolute atomic E-state index is 0.273. The Kier molecular flexibility index (Phi) is 4.79. The largest absolute Gasteiger partial charge is 0.422 e. The van der Waals surface area contributed by atoms with Gasteiger partial charge < -0.3 is 4.42 Å². The highest BCUT2D eigenvalue weighted by molar-refractivity contribution is 7.98. The van der Waals surface area contributed by atoms with Gasteiger partial charge in [-0.1, -0.05) is 18.2 Å². The van der Waals surface area contributed by atoms with Crippen LogP contribution in [0.2, 0.25) is 0 Å². The fourth-order valence-corrected chi connectivity index (χ4v) is 4.48. The van der Waals surface area contributed by atoms with Gasteiger partial charge in [-0.3, -0.25) is 0 Å². The van der Waals surface area contributed by atoms with Crippen LogP contribution in [-0.4, -0.2) is 0 Å². The molecule has 0 aliphatic rings. The van der Waals surface area contributed by atoms with Gasteiger partial charge >= 0.3 is 5.63 Å². The monoisotopic (exact) mass is 352 g/mol. The zero-order valence-electron chi connectivity index (χ0n) is 15.7. The van der Waals surface area contributed by atoms with Crippen molar-refractivity contribution >= 4 is 22.7 Å². The molecule has 2 nitrogen and oxygen atoms in total. The standard InChI is InChI=1S/C22H24O2S/c1-12-7-8-19-18(10-20(23)24-21(19)15(12)4)11-25-22-16(5)13(2)9-14(3)17(22)6/h7-10H,11H2,1-6H3. The Hall–Kier alpha value is -2.00. The van der Waals surface area contributed by atoms with Gasteiger partial charge in [0, 0.05) is 22.1 Å². The number of hydrogen-bond donors (Lipinski definition) is 0. The summed E-state index contributed by atoms with van der Waals surface area (Å²) in [4.78, 5) is 13.4. The lowest BCUT2D eigenvalue weighted by Gasteiger charge is -2.15. The smallest absolute Gasteiger partial charge is 0.336 e. The summed E-state index contributed by atoms with van der Waals surface area (Å²) in [5.41, 5.74) is 8.95. The number of aryl methyl sites for hydroxylation is 4. The van der Waals surface area contributed by atoms with E-state index in [4.69, 9.17) is 4.42 Å². The summed E-state index contributed by atoms with van der Waals surface area (Å²) in [5.74, 6) is 0.759. The van der Waals surface area contributed by atoms with Gasteiger partial charge in [0.15, 0.2) is 0 Å². The molecular formula is C22H24O2S. The molecule has 0 spiro atoms. The van der Waals surface area contributed by atoms with E-state index < -0.39 is 0 Å². The topological polar surface area (TPSA) is 30.2 Å². The third-order valence-electron chi connectivity index (χ3n) is 5.19. The van der Waals surface area contributed by atoms with Crippen molar-refractivity contribution in [2.24, 2.45) is 0 Å². The van der Waals surface area contributed by atoms with Crippen LogP contribution in [-0.2, 0) is 5.75 Å². The summed E-state index contributed by atoms with van der Waals surface area (Å²) in [6.07, 6.45) is 0. The van der Waals surface area contributed by atoms with Gasteiger partial charge in [-0.05, 0) is 80.5 Å². The van der Waals surface area contributed by atoms with Gasteiger partial charge in [0.05, 0.1) is 0 Å². The Labute approximate surface area is 153 Å². The van der Waals surface area contributed by atoms with Crippen LogP contribution < -0.4 is 5.63 Å². The zero-order chi connectivity index (χ0) is 18.3. The molecule has 0 aliphatic heterocycles. The molecule has 0 bridgehead atoms. The molecule has 0 radical (unpaired) electrons. The molecule has 0 unspecified atom stereocenters. The van der Waals surface area contributed by atoms with E-state index in [0.29, 0.717) is 0 Å². The normalized spacial score (nSPS) is 11.3. The molecule has 3 rings (SSSR count). The van der Waals surface area contributed by atoms with E-state index in [-0.39, 0.29) is 5.63 Å². The Morgan fingerprint density at radius 1 is 0.840 bits per heavy atom. The molecular weight excluding hydrogens is 328 g/mol. The second-order valence-electron chi connectivity index (χ2n) is 6.85. The van der Waals surface area contributed by atoms with Crippen LogP contribution in [0.25, 0.3) is 11.0 Å². The van der Waals surface area contributed by atoms with Gasteiger partial charge in [0.2, 0.25) is 0 Å². The Morgan fingerprint density at radius 3 is 2.12 bits per heavy atom. The molecule has 25 heavy (non-hydrogen) atoms. The molecule has 0 amide bonds. The molecule has 0 saturated heterocycles. The van der Waals surface area contributed by atoms with Gasteiger partial charge in [0.1, 0.15) is 5.58 Å². The molecule has 0 fully saturated rings. The highest BCUT2D eigenvalue weighted by atomic mass is 32.2. The van der Waals surface area contributed by atoms with Crippen molar-refractivity contribution in [1.82, 2.24) is 0 Å². The van der Waals surface area contributed by atoms with Crippen LogP contribution in [0, 0.1) is 41.5 Å². The molecule has 130 valence electrons. The lowest BCUT2D eigenvalue weighted by molar-refractivity contribution is 0.557. The Morgan fingerprint density at radius 2 is 1.48 bits per heavy atom. The first-order valence-corrected chi connectivity index (χ1v) is 9.51. The SMILES string of the molecule is Cc1cc(C)c(C)c(SCc2cc(=O)oc3c(C)c(C)ccc23)c1C. The van der Waals surface area contributed by atoms with Crippen molar-refractivity contribution in [3.63, 3.8) is 0 Å². The summed E-state index contributed by atoms with van der Waals surface area (Å²) in [5, 5.41) is 1.04. The maximum atomic E-state index is 12.0. The molecule has 1 heterocycles. The third kappa shape index (κ3) is 3.25. The molecule has 3 aromatic rings. The van der Waals surface area contributed by atoms with Crippen LogP contribution in [0.15, 0.2) is 38.4 Å². The fraction of sp³-hybridized carbons (Fsp3) is 0.318. The average Bonchev–Trinajstić information content (AvgIpc) is 2.56. The summed E-state index contributed by atoms with van der Waals surface area (Å²) in [6, 6.07) is 8.04. The number of fused-ring (bicyclic) bond motifs is 1. The number of hydrogen-bond acceptors (Lipinski definition) is 3.